The van der Waals surface area contributed by atoms with Crippen molar-refractivity contribution in [3.8, 4) is 0 Å². The summed E-state index contributed by atoms with van der Waals surface area (Å²) in [5.41, 5.74) is 2.85. The molecule has 0 aliphatic carbocycles. The predicted molar refractivity (Wildman–Crippen MR) is 69.1 cm³/mol. The van der Waals surface area contributed by atoms with E-state index < -0.39 is 0 Å². The number of aryl methyl sites for hydroxylation is 1. The van der Waals surface area contributed by atoms with Gasteiger partial charge in [-0.15, -0.1) is 0 Å². The number of benzene rings is 1. The van der Waals surface area contributed by atoms with E-state index in [1.54, 1.807) is 6.26 Å². The number of hydrogen-bond acceptors (Lipinski definition) is 2. The highest BCUT2D eigenvalue weighted by Crippen LogP contribution is 2.27. The lowest BCUT2D eigenvalue weighted by molar-refractivity contribution is 0.501. The SMILES string of the molecule is c1coc(CN2CCCCc3ccccc32)c1. The molecule has 2 nitrogen and oxygen atoms in total. The monoisotopic (exact) mass is 227 g/mol. The predicted octanol–water partition coefficient (Wildman–Crippen LogP) is 3.62. The first-order chi connectivity index (χ1) is 8.43. The van der Waals surface area contributed by atoms with E-state index in [4.69, 9.17) is 4.42 Å². The molecule has 1 aromatic heterocycles. The molecule has 0 fully saturated rings. The average Bonchev–Trinajstić information content (AvgIpc) is 2.78. The van der Waals surface area contributed by atoms with Crippen LogP contribution >= 0.6 is 0 Å². The zero-order chi connectivity index (χ0) is 11.5. The molecule has 0 saturated carbocycles. The van der Waals surface area contributed by atoms with Crippen molar-refractivity contribution in [2.24, 2.45) is 0 Å². The Hall–Kier alpha value is -1.70. The Morgan fingerprint density at radius 3 is 2.88 bits per heavy atom. The smallest absolute Gasteiger partial charge is 0.123 e. The van der Waals surface area contributed by atoms with E-state index in [0.717, 1.165) is 18.8 Å². The lowest BCUT2D eigenvalue weighted by Crippen LogP contribution is -2.23. The molecule has 2 aromatic rings. The summed E-state index contributed by atoms with van der Waals surface area (Å²) >= 11 is 0. The standard InChI is InChI=1S/C15H17NO/c1-2-9-15-13(6-1)7-3-4-10-16(15)12-14-8-5-11-17-14/h1-2,5-6,8-9,11H,3-4,7,10,12H2. The minimum absolute atomic E-state index is 0.879. The minimum atomic E-state index is 0.879. The summed E-state index contributed by atoms with van der Waals surface area (Å²) in [7, 11) is 0. The van der Waals surface area contributed by atoms with Crippen molar-refractivity contribution in [3.05, 3.63) is 54.0 Å². The molecule has 0 saturated heterocycles. The van der Waals surface area contributed by atoms with Crippen LogP contribution in [0.4, 0.5) is 5.69 Å². The van der Waals surface area contributed by atoms with Gasteiger partial charge in [-0.3, -0.25) is 0 Å². The fourth-order valence-electron chi connectivity index (χ4n) is 2.52. The molecule has 0 radical (unpaired) electrons. The van der Waals surface area contributed by atoms with E-state index in [1.807, 2.05) is 12.1 Å². The van der Waals surface area contributed by atoms with Gasteiger partial charge in [-0.25, -0.2) is 0 Å². The van der Waals surface area contributed by atoms with Crippen LogP contribution in [0.5, 0.6) is 0 Å². The number of furan rings is 1. The van der Waals surface area contributed by atoms with Crippen molar-refractivity contribution >= 4 is 5.69 Å². The molecule has 88 valence electrons. The molecule has 17 heavy (non-hydrogen) atoms. The van der Waals surface area contributed by atoms with Crippen LogP contribution in [-0.4, -0.2) is 6.54 Å². The molecule has 2 heterocycles. The van der Waals surface area contributed by atoms with Gasteiger partial charge in [0.2, 0.25) is 0 Å². The van der Waals surface area contributed by atoms with Crippen LogP contribution in [0.15, 0.2) is 47.1 Å². The van der Waals surface area contributed by atoms with Gasteiger partial charge >= 0.3 is 0 Å². The van der Waals surface area contributed by atoms with Crippen molar-refractivity contribution in [2.45, 2.75) is 25.8 Å². The highest BCUT2D eigenvalue weighted by Gasteiger charge is 2.15. The van der Waals surface area contributed by atoms with Crippen LogP contribution in [-0.2, 0) is 13.0 Å². The zero-order valence-corrected chi connectivity index (χ0v) is 9.93. The topological polar surface area (TPSA) is 16.4 Å². The highest BCUT2D eigenvalue weighted by molar-refractivity contribution is 5.54. The fourth-order valence-corrected chi connectivity index (χ4v) is 2.52. The summed E-state index contributed by atoms with van der Waals surface area (Å²) in [6.45, 7) is 2.00. The first-order valence-corrected chi connectivity index (χ1v) is 6.29. The van der Waals surface area contributed by atoms with Crippen molar-refractivity contribution in [1.82, 2.24) is 0 Å². The molecule has 0 atom stereocenters. The first-order valence-electron chi connectivity index (χ1n) is 6.29. The van der Waals surface area contributed by atoms with Gasteiger partial charge in [0, 0.05) is 12.2 Å². The Morgan fingerprint density at radius 2 is 2.00 bits per heavy atom. The quantitative estimate of drug-likeness (QED) is 0.779. The van der Waals surface area contributed by atoms with E-state index in [0.29, 0.717) is 0 Å². The molecule has 1 aromatic carbocycles. The molecule has 0 spiro atoms. The van der Waals surface area contributed by atoms with Crippen LogP contribution in [0.2, 0.25) is 0 Å². The number of fused-ring (bicyclic) bond motifs is 1. The Kier molecular flexibility index (Phi) is 2.87. The van der Waals surface area contributed by atoms with Crippen LogP contribution in [0.1, 0.15) is 24.2 Å². The fraction of sp³-hybridized carbons (Fsp3) is 0.333. The maximum absolute atomic E-state index is 5.45. The molecule has 0 unspecified atom stereocenters. The van der Waals surface area contributed by atoms with Gasteiger partial charge in [0.25, 0.3) is 0 Å². The van der Waals surface area contributed by atoms with Crippen molar-refractivity contribution in [2.75, 3.05) is 11.4 Å². The van der Waals surface area contributed by atoms with Crippen LogP contribution in [0.3, 0.4) is 0 Å². The lowest BCUT2D eigenvalue weighted by Gasteiger charge is -2.23. The van der Waals surface area contributed by atoms with E-state index in [-0.39, 0.29) is 0 Å². The third-order valence-electron chi connectivity index (χ3n) is 3.38. The Bertz CT molecular complexity index is 475. The van der Waals surface area contributed by atoms with Crippen molar-refractivity contribution in [3.63, 3.8) is 0 Å². The highest BCUT2D eigenvalue weighted by atomic mass is 16.3. The van der Waals surface area contributed by atoms with Crippen LogP contribution in [0.25, 0.3) is 0 Å². The molecular weight excluding hydrogens is 210 g/mol. The maximum atomic E-state index is 5.45. The second kappa shape index (κ2) is 4.66. The van der Waals surface area contributed by atoms with Gasteiger partial charge in [0.15, 0.2) is 0 Å². The second-order valence-electron chi connectivity index (χ2n) is 4.59. The summed E-state index contributed by atoms with van der Waals surface area (Å²) < 4.78 is 5.45. The van der Waals surface area contributed by atoms with Gasteiger partial charge in [0.05, 0.1) is 12.8 Å². The summed E-state index contributed by atoms with van der Waals surface area (Å²) in [6, 6.07) is 12.7. The third-order valence-corrected chi connectivity index (χ3v) is 3.38. The Morgan fingerprint density at radius 1 is 1.06 bits per heavy atom. The van der Waals surface area contributed by atoms with Gasteiger partial charge in [-0.1, -0.05) is 18.2 Å². The van der Waals surface area contributed by atoms with Crippen molar-refractivity contribution in [1.29, 1.82) is 0 Å². The Balaban J connectivity index is 1.89. The molecular formula is C15H17NO. The third kappa shape index (κ3) is 2.21. The van der Waals surface area contributed by atoms with Gasteiger partial charge in [-0.05, 0) is 43.0 Å². The van der Waals surface area contributed by atoms with Crippen molar-refractivity contribution < 1.29 is 4.42 Å². The van der Waals surface area contributed by atoms with Gasteiger partial charge < -0.3 is 9.32 Å². The molecule has 0 amide bonds. The Labute approximate surface area is 102 Å². The summed E-state index contributed by atoms with van der Waals surface area (Å²) in [5.74, 6) is 1.04. The maximum Gasteiger partial charge on any atom is 0.123 e. The van der Waals surface area contributed by atoms with E-state index in [2.05, 4.69) is 29.2 Å². The molecule has 1 aliphatic rings. The minimum Gasteiger partial charge on any atom is -0.467 e. The number of rotatable bonds is 2. The average molecular weight is 227 g/mol. The molecule has 0 bridgehead atoms. The molecule has 2 heteroatoms. The van der Waals surface area contributed by atoms with Crippen LogP contribution in [0, 0.1) is 0 Å². The van der Waals surface area contributed by atoms with E-state index in [1.165, 1.54) is 30.5 Å². The second-order valence-corrected chi connectivity index (χ2v) is 4.59. The van der Waals surface area contributed by atoms with Crippen LogP contribution < -0.4 is 4.90 Å². The summed E-state index contributed by atoms with van der Waals surface area (Å²) in [5, 5.41) is 0. The molecule has 1 aliphatic heterocycles. The summed E-state index contributed by atoms with van der Waals surface area (Å²) in [4.78, 5) is 2.43. The van der Waals surface area contributed by atoms with E-state index in [9.17, 15) is 0 Å². The first kappa shape index (κ1) is 10.5. The normalized spacial score (nSPS) is 15.4. The number of nitrogens with zero attached hydrogens (tertiary/aromatic N) is 1. The zero-order valence-electron chi connectivity index (χ0n) is 9.93. The lowest BCUT2D eigenvalue weighted by atomic mass is 10.1. The largest absolute Gasteiger partial charge is 0.467 e. The molecule has 3 rings (SSSR count). The van der Waals surface area contributed by atoms with Gasteiger partial charge in [0.1, 0.15) is 5.76 Å². The number of para-hydroxylation sites is 1. The van der Waals surface area contributed by atoms with E-state index >= 15 is 0 Å². The molecule has 0 N–H and O–H groups in total. The van der Waals surface area contributed by atoms with Gasteiger partial charge in [-0.2, -0.15) is 0 Å². The number of hydrogen-bond donors (Lipinski definition) is 0. The summed E-state index contributed by atoms with van der Waals surface area (Å²) in [6.07, 6.45) is 5.49. The number of anilines is 1.